The molecule has 0 aliphatic rings. The van der Waals surface area contributed by atoms with Crippen LogP contribution < -0.4 is 15.4 Å². The summed E-state index contributed by atoms with van der Waals surface area (Å²) in [5.41, 5.74) is 0. The van der Waals surface area contributed by atoms with Crippen molar-refractivity contribution in [3.63, 3.8) is 0 Å². The first-order valence-electron chi connectivity index (χ1n) is 7.74. The van der Waals surface area contributed by atoms with Gasteiger partial charge in [0.05, 0.1) is 5.75 Å². The molecule has 0 saturated heterocycles. The molecule has 1 rings (SSSR count). The maximum atomic E-state index is 12.1. The van der Waals surface area contributed by atoms with Gasteiger partial charge in [0.15, 0.2) is 5.96 Å². The van der Waals surface area contributed by atoms with Crippen molar-refractivity contribution in [2.75, 3.05) is 32.1 Å². The number of nitrogens with one attached hydrogen (secondary N) is 3. The van der Waals surface area contributed by atoms with Crippen LogP contribution >= 0.6 is 35.3 Å². The quantitative estimate of drug-likeness (QED) is 0.187. The summed E-state index contributed by atoms with van der Waals surface area (Å²) in [6, 6.07) is 3.27. The average Bonchev–Trinajstić information content (AvgIpc) is 2.95. The number of nitrogens with zero attached hydrogens (tertiary/aromatic N) is 1. The van der Waals surface area contributed by atoms with Crippen molar-refractivity contribution in [2.24, 2.45) is 4.99 Å². The van der Waals surface area contributed by atoms with E-state index in [9.17, 15) is 16.8 Å². The third-order valence-electron chi connectivity index (χ3n) is 3.22. The summed E-state index contributed by atoms with van der Waals surface area (Å²) in [5.74, 6) is 0.588. The molecular formula is C14H27IN4O4S3. The lowest BCUT2D eigenvalue weighted by Crippen LogP contribution is -2.45. The first-order chi connectivity index (χ1) is 11.5. The summed E-state index contributed by atoms with van der Waals surface area (Å²) < 4.78 is 49.3. The number of aliphatic imine (C=N–C) groups is 1. The summed E-state index contributed by atoms with van der Waals surface area (Å²) in [6.45, 7) is 4.27. The van der Waals surface area contributed by atoms with Crippen LogP contribution in [0, 0.1) is 6.92 Å². The van der Waals surface area contributed by atoms with Crippen LogP contribution in [-0.4, -0.2) is 61.0 Å². The molecule has 0 amide bonds. The van der Waals surface area contributed by atoms with E-state index in [0.717, 1.165) is 4.88 Å². The fourth-order valence-corrected chi connectivity index (χ4v) is 5.03. The first kappa shape index (κ1) is 25.6. The molecule has 1 unspecified atom stereocenters. The van der Waals surface area contributed by atoms with E-state index in [-0.39, 0.29) is 42.3 Å². The number of hydrogen-bond donors (Lipinski definition) is 3. The van der Waals surface area contributed by atoms with Crippen molar-refractivity contribution in [1.29, 1.82) is 0 Å². The summed E-state index contributed by atoms with van der Waals surface area (Å²) in [4.78, 5) is 4.97. The number of aryl methyl sites for hydroxylation is 1. The van der Waals surface area contributed by atoms with Crippen LogP contribution in [0.5, 0.6) is 0 Å². The van der Waals surface area contributed by atoms with Crippen molar-refractivity contribution in [2.45, 2.75) is 30.5 Å². The van der Waals surface area contributed by atoms with Gasteiger partial charge in [0.2, 0.25) is 10.0 Å². The van der Waals surface area contributed by atoms with Gasteiger partial charge in [0, 0.05) is 37.3 Å². The van der Waals surface area contributed by atoms with Gasteiger partial charge in [-0.1, -0.05) is 0 Å². The Balaban J connectivity index is 0.00000625. The maximum Gasteiger partial charge on any atom is 0.250 e. The Morgan fingerprint density at radius 1 is 1.23 bits per heavy atom. The summed E-state index contributed by atoms with van der Waals surface area (Å²) >= 11 is 1.22. The Labute approximate surface area is 177 Å². The van der Waals surface area contributed by atoms with Crippen LogP contribution in [0.2, 0.25) is 0 Å². The molecule has 0 aliphatic heterocycles. The molecule has 1 aromatic heterocycles. The summed E-state index contributed by atoms with van der Waals surface area (Å²) in [6.07, 6.45) is 1.66. The molecule has 3 N–H and O–H groups in total. The van der Waals surface area contributed by atoms with Gasteiger partial charge in [0.1, 0.15) is 14.0 Å². The zero-order valence-corrected chi connectivity index (χ0v) is 20.1. The number of rotatable bonds is 9. The van der Waals surface area contributed by atoms with Gasteiger partial charge in [0.25, 0.3) is 0 Å². The van der Waals surface area contributed by atoms with Crippen molar-refractivity contribution >= 4 is 61.1 Å². The van der Waals surface area contributed by atoms with Gasteiger partial charge in [-0.3, -0.25) is 4.99 Å². The van der Waals surface area contributed by atoms with Gasteiger partial charge in [-0.15, -0.1) is 35.3 Å². The van der Waals surface area contributed by atoms with E-state index in [2.05, 4.69) is 20.3 Å². The molecule has 0 radical (unpaired) electrons. The Morgan fingerprint density at radius 3 is 2.38 bits per heavy atom. The Hall–Kier alpha value is -0.440. The van der Waals surface area contributed by atoms with Crippen LogP contribution in [0.25, 0.3) is 0 Å². The van der Waals surface area contributed by atoms with E-state index in [1.807, 2.05) is 13.8 Å². The van der Waals surface area contributed by atoms with Crippen LogP contribution in [0.3, 0.4) is 0 Å². The summed E-state index contributed by atoms with van der Waals surface area (Å²) in [5, 5.41) is 6.06. The molecule has 1 heterocycles. The number of guanidine groups is 1. The molecule has 26 heavy (non-hydrogen) atoms. The minimum Gasteiger partial charge on any atom is -0.355 e. The number of sulfonamides is 1. The van der Waals surface area contributed by atoms with Crippen molar-refractivity contribution in [3.05, 3.63) is 17.0 Å². The van der Waals surface area contributed by atoms with E-state index in [4.69, 9.17) is 0 Å². The average molecular weight is 538 g/mol. The van der Waals surface area contributed by atoms with E-state index < -0.39 is 19.9 Å². The number of thiophene rings is 1. The highest BCUT2D eigenvalue weighted by atomic mass is 127. The van der Waals surface area contributed by atoms with Gasteiger partial charge in [-0.2, -0.15) is 0 Å². The SMILES string of the molecule is CN=C(NCCNS(=O)(=O)c1ccc(C)s1)NC(C)CCS(C)(=O)=O.I. The standard InChI is InChI=1S/C14H26N4O4S3.HI/c1-11(7-10-24(4,19)20)18-14(15-3)16-8-9-17-25(21,22)13-6-5-12(2)23-13;/h5-6,11,17H,7-10H2,1-4H3,(H2,15,16,18);1H. The third kappa shape index (κ3) is 10.0. The van der Waals surface area contributed by atoms with E-state index >= 15 is 0 Å². The fraction of sp³-hybridized carbons (Fsp3) is 0.643. The molecule has 0 fully saturated rings. The second kappa shape index (κ2) is 11.4. The Kier molecular flexibility index (Phi) is 11.2. The third-order valence-corrected chi connectivity index (χ3v) is 7.15. The smallest absolute Gasteiger partial charge is 0.250 e. The van der Waals surface area contributed by atoms with Crippen LogP contribution in [-0.2, 0) is 19.9 Å². The normalized spacial score (nSPS) is 13.8. The van der Waals surface area contributed by atoms with Crippen LogP contribution in [0.4, 0.5) is 0 Å². The number of hydrogen-bond acceptors (Lipinski definition) is 6. The van der Waals surface area contributed by atoms with Gasteiger partial charge in [-0.25, -0.2) is 21.6 Å². The molecule has 152 valence electrons. The Bertz CT molecular complexity index is 791. The Morgan fingerprint density at radius 2 is 1.88 bits per heavy atom. The molecule has 1 atom stereocenters. The molecule has 1 aromatic rings. The molecule has 8 nitrogen and oxygen atoms in total. The highest BCUT2D eigenvalue weighted by Crippen LogP contribution is 2.19. The highest BCUT2D eigenvalue weighted by molar-refractivity contribution is 14.0. The van der Waals surface area contributed by atoms with Crippen molar-refractivity contribution in [1.82, 2.24) is 15.4 Å². The summed E-state index contributed by atoms with van der Waals surface area (Å²) in [7, 11) is -4.90. The monoisotopic (exact) mass is 538 g/mol. The lowest BCUT2D eigenvalue weighted by atomic mass is 10.3. The van der Waals surface area contributed by atoms with E-state index in [1.165, 1.54) is 17.6 Å². The lowest BCUT2D eigenvalue weighted by molar-refractivity contribution is 0.578. The van der Waals surface area contributed by atoms with Crippen molar-refractivity contribution in [3.8, 4) is 0 Å². The molecule has 0 aliphatic carbocycles. The predicted octanol–water partition coefficient (Wildman–Crippen LogP) is 0.941. The minimum atomic E-state index is -3.49. The van der Waals surface area contributed by atoms with Crippen molar-refractivity contribution < 1.29 is 16.8 Å². The van der Waals surface area contributed by atoms with Crippen LogP contribution in [0.1, 0.15) is 18.2 Å². The van der Waals surface area contributed by atoms with Crippen LogP contribution in [0.15, 0.2) is 21.3 Å². The van der Waals surface area contributed by atoms with Gasteiger partial charge >= 0.3 is 0 Å². The zero-order valence-electron chi connectivity index (χ0n) is 15.3. The second-order valence-corrected chi connectivity index (χ2v) is 11.3. The highest BCUT2D eigenvalue weighted by Gasteiger charge is 2.15. The molecule has 0 spiro atoms. The first-order valence-corrected chi connectivity index (χ1v) is 12.1. The fourth-order valence-electron chi connectivity index (χ4n) is 1.89. The molecule has 0 saturated carbocycles. The molecule has 12 heteroatoms. The molecule has 0 aromatic carbocycles. The zero-order chi connectivity index (χ0) is 19.1. The molecular weight excluding hydrogens is 511 g/mol. The number of sulfone groups is 1. The van der Waals surface area contributed by atoms with E-state index in [1.54, 1.807) is 19.2 Å². The predicted molar refractivity (Wildman–Crippen MR) is 118 cm³/mol. The van der Waals surface area contributed by atoms with Gasteiger partial charge in [-0.05, 0) is 32.4 Å². The van der Waals surface area contributed by atoms with Gasteiger partial charge < -0.3 is 10.6 Å². The maximum absolute atomic E-state index is 12.1. The molecule has 0 bridgehead atoms. The topological polar surface area (TPSA) is 117 Å². The minimum absolute atomic E-state index is 0. The lowest BCUT2D eigenvalue weighted by Gasteiger charge is -2.17. The largest absolute Gasteiger partial charge is 0.355 e. The van der Waals surface area contributed by atoms with E-state index in [0.29, 0.717) is 23.1 Å². The number of halogens is 1. The second-order valence-electron chi connectivity index (χ2n) is 5.73.